The summed E-state index contributed by atoms with van der Waals surface area (Å²) in [6.45, 7) is 2.69. The van der Waals surface area contributed by atoms with Crippen molar-refractivity contribution < 1.29 is 13.9 Å². The molecule has 1 aromatic carbocycles. The summed E-state index contributed by atoms with van der Waals surface area (Å²) in [4.78, 5) is 11.9. The Kier molecular flexibility index (Phi) is 4.79. The molecule has 106 valence electrons. The van der Waals surface area contributed by atoms with Crippen LogP contribution in [0.4, 0.5) is 5.69 Å². The quantitative estimate of drug-likeness (QED) is 0.848. The Bertz CT molecular complexity index is 565. The summed E-state index contributed by atoms with van der Waals surface area (Å²) in [7, 11) is 1.58. The predicted octanol–water partition coefficient (Wildman–Crippen LogP) is 2.32. The normalized spacial score (nSPS) is 10.3. The second-order valence-corrected chi connectivity index (χ2v) is 4.43. The maximum atomic E-state index is 11.9. The minimum atomic E-state index is -0.125. The Morgan fingerprint density at radius 1 is 1.35 bits per heavy atom. The van der Waals surface area contributed by atoms with Crippen LogP contribution in [0, 0.1) is 6.92 Å². The summed E-state index contributed by atoms with van der Waals surface area (Å²) in [6, 6.07) is 9.32. The van der Waals surface area contributed by atoms with Crippen molar-refractivity contribution in [3.05, 3.63) is 47.9 Å². The minimum Gasteiger partial charge on any atom is -0.495 e. The van der Waals surface area contributed by atoms with E-state index in [9.17, 15) is 4.79 Å². The number of hydrogen-bond acceptors (Lipinski definition) is 4. The van der Waals surface area contributed by atoms with E-state index in [1.54, 1.807) is 13.4 Å². The SMILES string of the molecule is COc1ccc(C)cc1NC(=O)CNCc1ccco1. The van der Waals surface area contributed by atoms with Gasteiger partial charge >= 0.3 is 0 Å². The number of benzene rings is 1. The van der Waals surface area contributed by atoms with Crippen LogP contribution in [-0.2, 0) is 11.3 Å². The summed E-state index contributed by atoms with van der Waals surface area (Å²) >= 11 is 0. The van der Waals surface area contributed by atoms with Crippen molar-refractivity contribution in [2.24, 2.45) is 0 Å². The molecule has 5 nitrogen and oxygen atoms in total. The van der Waals surface area contributed by atoms with Crippen LogP contribution in [0.2, 0.25) is 0 Å². The van der Waals surface area contributed by atoms with E-state index >= 15 is 0 Å². The number of amides is 1. The van der Waals surface area contributed by atoms with E-state index in [2.05, 4.69) is 10.6 Å². The first-order valence-electron chi connectivity index (χ1n) is 6.36. The number of anilines is 1. The van der Waals surface area contributed by atoms with Crippen LogP contribution in [0.1, 0.15) is 11.3 Å². The largest absolute Gasteiger partial charge is 0.495 e. The number of carbonyl (C=O) groups excluding carboxylic acids is 1. The van der Waals surface area contributed by atoms with Crippen molar-refractivity contribution in [2.75, 3.05) is 19.0 Å². The van der Waals surface area contributed by atoms with Crippen LogP contribution in [0.3, 0.4) is 0 Å². The van der Waals surface area contributed by atoms with Gasteiger partial charge in [0, 0.05) is 0 Å². The van der Waals surface area contributed by atoms with E-state index in [0.29, 0.717) is 18.0 Å². The second-order valence-electron chi connectivity index (χ2n) is 4.43. The topological polar surface area (TPSA) is 63.5 Å². The average molecular weight is 274 g/mol. The van der Waals surface area contributed by atoms with Crippen LogP contribution in [0.5, 0.6) is 5.75 Å². The highest BCUT2D eigenvalue weighted by molar-refractivity contribution is 5.93. The van der Waals surface area contributed by atoms with Gasteiger partial charge in [-0.25, -0.2) is 0 Å². The first-order chi connectivity index (χ1) is 9.69. The number of aryl methyl sites for hydroxylation is 1. The molecule has 0 saturated carbocycles. The highest BCUT2D eigenvalue weighted by Gasteiger charge is 2.07. The highest BCUT2D eigenvalue weighted by atomic mass is 16.5. The molecule has 5 heteroatoms. The van der Waals surface area contributed by atoms with Crippen LogP contribution in [-0.4, -0.2) is 19.6 Å². The molecule has 20 heavy (non-hydrogen) atoms. The molecule has 2 N–H and O–H groups in total. The summed E-state index contributed by atoms with van der Waals surface area (Å²) in [5.74, 6) is 1.32. The Hall–Kier alpha value is -2.27. The number of hydrogen-bond donors (Lipinski definition) is 2. The fourth-order valence-electron chi connectivity index (χ4n) is 1.83. The van der Waals surface area contributed by atoms with Gasteiger partial charge in [0.2, 0.25) is 5.91 Å². The van der Waals surface area contributed by atoms with E-state index in [1.807, 2.05) is 37.3 Å². The fraction of sp³-hybridized carbons (Fsp3) is 0.267. The lowest BCUT2D eigenvalue weighted by molar-refractivity contribution is -0.115. The van der Waals surface area contributed by atoms with Crippen LogP contribution < -0.4 is 15.4 Å². The number of nitrogens with one attached hydrogen (secondary N) is 2. The minimum absolute atomic E-state index is 0.125. The molecular weight excluding hydrogens is 256 g/mol. The van der Waals surface area contributed by atoms with Crippen molar-refractivity contribution in [3.63, 3.8) is 0 Å². The van der Waals surface area contributed by atoms with Gasteiger partial charge < -0.3 is 19.8 Å². The predicted molar refractivity (Wildman–Crippen MR) is 76.8 cm³/mol. The lowest BCUT2D eigenvalue weighted by Crippen LogP contribution is -2.27. The van der Waals surface area contributed by atoms with Gasteiger partial charge in [0.05, 0.1) is 32.1 Å². The molecule has 2 aromatic rings. The van der Waals surface area contributed by atoms with Gasteiger partial charge in [0.1, 0.15) is 11.5 Å². The zero-order valence-corrected chi connectivity index (χ0v) is 11.6. The molecule has 1 aromatic heterocycles. The monoisotopic (exact) mass is 274 g/mol. The van der Waals surface area contributed by atoms with E-state index < -0.39 is 0 Å². The molecule has 1 heterocycles. The first kappa shape index (κ1) is 14.1. The molecule has 0 bridgehead atoms. The van der Waals surface area contributed by atoms with Gasteiger partial charge in [0.25, 0.3) is 0 Å². The molecule has 2 rings (SSSR count). The summed E-state index contributed by atoms with van der Waals surface area (Å²) in [5, 5.41) is 5.84. The third-order valence-electron chi connectivity index (χ3n) is 2.79. The Morgan fingerprint density at radius 2 is 2.20 bits per heavy atom. The highest BCUT2D eigenvalue weighted by Crippen LogP contribution is 2.24. The van der Waals surface area contributed by atoms with Crippen LogP contribution in [0.15, 0.2) is 41.0 Å². The van der Waals surface area contributed by atoms with Crippen molar-refractivity contribution >= 4 is 11.6 Å². The lowest BCUT2D eigenvalue weighted by atomic mass is 10.2. The van der Waals surface area contributed by atoms with Gasteiger partial charge in [-0.15, -0.1) is 0 Å². The molecule has 0 aliphatic heterocycles. The van der Waals surface area contributed by atoms with Crippen LogP contribution in [0.25, 0.3) is 0 Å². The fourth-order valence-corrected chi connectivity index (χ4v) is 1.83. The molecular formula is C15H18N2O3. The van der Waals surface area contributed by atoms with Crippen molar-refractivity contribution in [1.29, 1.82) is 0 Å². The van der Waals surface area contributed by atoms with Crippen molar-refractivity contribution in [2.45, 2.75) is 13.5 Å². The maximum Gasteiger partial charge on any atom is 0.238 e. The summed E-state index contributed by atoms with van der Waals surface area (Å²) < 4.78 is 10.4. The number of rotatable bonds is 6. The molecule has 0 aliphatic carbocycles. The zero-order chi connectivity index (χ0) is 14.4. The third-order valence-corrected chi connectivity index (χ3v) is 2.79. The van der Waals surface area contributed by atoms with Gasteiger partial charge in [-0.2, -0.15) is 0 Å². The number of carbonyl (C=O) groups is 1. The standard InChI is InChI=1S/C15H18N2O3/c1-11-5-6-14(19-2)13(8-11)17-15(18)10-16-9-12-4-3-7-20-12/h3-8,16H,9-10H2,1-2H3,(H,17,18). The average Bonchev–Trinajstić information content (AvgIpc) is 2.92. The Labute approximate surface area is 117 Å². The lowest BCUT2D eigenvalue weighted by Gasteiger charge is -2.11. The second kappa shape index (κ2) is 6.77. The molecule has 1 amide bonds. The van der Waals surface area contributed by atoms with Gasteiger partial charge in [-0.05, 0) is 36.8 Å². The molecule has 0 spiro atoms. The molecule has 0 fully saturated rings. The summed E-state index contributed by atoms with van der Waals surface area (Å²) in [5.41, 5.74) is 1.74. The van der Waals surface area contributed by atoms with Crippen LogP contribution >= 0.6 is 0 Å². The van der Waals surface area contributed by atoms with E-state index in [0.717, 1.165) is 11.3 Å². The molecule has 0 unspecified atom stereocenters. The van der Waals surface area contributed by atoms with Crippen molar-refractivity contribution in [1.82, 2.24) is 5.32 Å². The van der Waals surface area contributed by atoms with Gasteiger partial charge in [-0.3, -0.25) is 4.79 Å². The van der Waals surface area contributed by atoms with Crippen molar-refractivity contribution in [3.8, 4) is 5.75 Å². The van der Waals surface area contributed by atoms with E-state index in [-0.39, 0.29) is 12.5 Å². The smallest absolute Gasteiger partial charge is 0.238 e. The first-order valence-corrected chi connectivity index (χ1v) is 6.36. The molecule has 0 atom stereocenters. The Balaban J connectivity index is 1.86. The number of ether oxygens (including phenoxy) is 1. The molecule has 0 saturated heterocycles. The third kappa shape index (κ3) is 3.86. The number of methoxy groups -OCH3 is 1. The van der Waals surface area contributed by atoms with Gasteiger partial charge in [-0.1, -0.05) is 6.07 Å². The van der Waals surface area contributed by atoms with E-state index in [1.165, 1.54) is 0 Å². The summed E-state index contributed by atoms with van der Waals surface area (Å²) in [6.07, 6.45) is 1.61. The molecule has 0 aliphatic rings. The Morgan fingerprint density at radius 3 is 2.90 bits per heavy atom. The van der Waals surface area contributed by atoms with E-state index in [4.69, 9.17) is 9.15 Å². The zero-order valence-electron chi connectivity index (χ0n) is 11.6. The maximum absolute atomic E-state index is 11.9. The number of furan rings is 1. The molecule has 0 radical (unpaired) electrons. The van der Waals surface area contributed by atoms with Gasteiger partial charge in [0.15, 0.2) is 0 Å².